The molecule has 0 bridgehead atoms. The zero-order valence-electron chi connectivity index (χ0n) is 12.6. The van der Waals surface area contributed by atoms with Crippen LogP contribution in [-0.2, 0) is 19.0 Å². The summed E-state index contributed by atoms with van der Waals surface area (Å²) in [6.45, 7) is 1.78. The van der Waals surface area contributed by atoms with Crippen molar-refractivity contribution in [1.82, 2.24) is 0 Å². The maximum Gasteiger partial charge on any atom is 0.516 e. The van der Waals surface area contributed by atoms with Gasteiger partial charge in [0, 0.05) is 20.3 Å². The van der Waals surface area contributed by atoms with Crippen molar-refractivity contribution in [2.24, 2.45) is 0 Å². The number of hydrogen-bond donors (Lipinski definition) is 0. The van der Waals surface area contributed by atoms with Gasteiger partial charge in [-0.3, -0.25) is 0 Å². The Bertz CT molecular complexity index is 450. The molecule has 0 N–H and O–H groups in total. The van der Waals surface area contributed by atoms with Crippen molar-refractivity contribution >= 4 is 18.2 Å². The molecule has 0 saturated heterocycles. The average molecular weight is 296 g/mol. The largest absolute Gasteiger partial charge is 0.516 e. The maximum absolute atomic E-state index is 11.2. The van der Waals surface area contributed by atoms with Crippen molar-refractivity contribution in [3.05, 3.63) is 35.9 Å². The van der Waals surface area contributed by atoms with E-state index in [1.54, 1.807) is 52.5 Å². The zero-order chi connectivity index (χ0) is 16.1. The van der Waals surface area contributed by atoms with Crippen LogP contribution in [0.15, 0.2) is 30.3 Å². The van der Waals surface area contributed by atoms with Crippen LogP contribution in [-0.4, -0.2) is 40.1 Å². The van der Waals surface area contributed by atoms with Crippen LogP contribution in [0.1, 0.15) is 12.5 Å². The Morgan fingerprint density at radius 1 is 1.10 bits per heavy atom. The van der Waals surface area contributed by atoms with Crippen LogP contribution in [0.4, 0.5) is 4.79 Å². The molecule has 1 aromatic rings. The average Bonchev–Trinajstić information content (AvgIpc) is 2.46. The Morgan fingerprint density at radius 2 is 1.67 bits per heavy atom. The Kier molecular flexibility index (Phi) is 10.2. The number of rotatable bonds is 4. The zero-order valence-corrected chi connectivity index (χ0v) is 12.6. The number of esters is 1. The van der Waals surface area contributed by atoms with E-state index in [9.17, 15) is 9.59 Å². The first-order valence-corrected chi connectivity index (χ1v) is 6.18. The van der Waals surface area contributed by atoms with Crippen LogP contribution in [0.2, 0.25) is 0 Å². The molecule has 0 atom stereocenters. The molecule has 0 fully saturated rings. The molecule has 0 aromatic heterocycles. The molecule has 0 spiro atoms. The summed E-state index contributed by atoms with van der Waals surface area (Å²) in [6.07, 6.45) is 1.68. The molecule has 21 heavy (non-hydrogen) atoms. The number of hydrogen-bond acceptors (Lipinski definition) is 6. The van der Waals surface area contributed by atoms with Crippen LogP contribution in [0.5, 0.6) is 5.75 Å². The number of methoxy groups -OCH3 is 2. The molecule has 6 nitrogen and oxygen atoms in total. The van der Waals surface area contributed by atoms with Crippen molar-refractivity contribution in [3.8, 4) is 5.75 Å². The van der Waals surface area contributed by atoms with Crippen LogP contribution in [0.3, 0.4) is 0 Å². The van der Waals surface area contributed by atoms with E-state index in [1.807, 2.05) is 0 Å². The standard InChI is InChI=1S/C13H14O5.C2H6O/c1-3-17-13(15)18-12(14)9-6-10-4-7-11(16-2)8-5-10;1-3-2/h4-9H,3H2,1-2H3;1-2H3/b9-6+;. The van der Waals surface area contributed by atoms with E-state index in [1.165, 1.54) is 6.08 Å². The van der Waals surface area contributed by atoms with Gasteiger partial charge < -0.3 is 18.9 Å². The molecule has 0 aliphatic carbocycles. The molecule has 0 unspecified atom stereocenters. The number of benzene rings is 1. The van der Waals surface area contributed by atoms with Gasteiger partial charge in [-0.1, -0.05) is 12.1 Å². The van der Waals surface area contributed by atoms with Crippen molar-refractivity contribution in [3.63, 3.8) is 0 Å². The minimum Gasteiger partial charge on any atom is -0.497 e. The molecule has 0 saturated carbocycles. The molecule has 0 heterocycles. The third kappa shape index (κ3) is 9.23. The summed E-state index contributed by atoms with van der Waals surface area (Å²) < 4.78 is 18.1. The SMILES string of the molecule is CCOC(=O)OC(=O)/C=C/c1ccc(OC)cc1.COC. The van der Waals surface area contributed by atoms with Crippen molar-refractivity contribution in [2.45, 2.75) is 6.92 Å². The molecule has 116 valence electrons. The van der Waals surface area contributed by atoms with Crippen molar-refractivity contribution < 1.29 is 28.5 Å². The molecule has 6 heteroatoms. The van der Waals surface area contributed by atoms with E-state index in [4.69, 9.17) is 4.74 Å². The van der Waals surface area contributed by atoms with Gasteiger partial charge in [-0.15, -0.1) is 0 Å². The molecule has 0 amide bonds. The Hall–Kier alpha value is -2.34. The number of ether oxygens (including phenoxy) is 4. The minimum absolute atomic E-state index is 0.161. The third-order valence-corrected chi connectivity index (χ3v) is 1.97. The molecular formula is C15H20O6. The summed E-state index contributed by atoms with van der Waals surface area (Å²) in [7, 11) is 4.82. The molecule has 0 radical (unpaired) electrons. The van der Waals surface area contributed by atoms with Gasteiger partial charge in [0.05, 0.1) is 13.7 Å². The van der Waals surface area contributed by atoms with Crippen LogP contribution < -0.4 is 4.74 Å². The van der Waals surface area contributed by atoms with E-state index in [0.29, 0.717) is 0 Å². The van der Waals surface area contributed by atoms with Crippen LogP contribution in [0, 0.1) is 0 Å². The van der Waals surface area contributed by atoms with Gasteiger partial charge in [0.1, 0.15) is 5.75 Å². The van der Waals surface area contributed by atoms with Gasteiger partial charge >= 0.3 is 12.1 Å². The lowest BCUT2D eigenvalue weighted by molar-refractivity contribution is -0.134. The lowest BCUT2D eigenvalue weighted by Gasteiger charge is -2.00. The van der Waals surface area contributed by atoms with Crippen molar-refractivity contribution in [2.75, 3.05) is 27.9 Å². The molecule has 1 aromatic carbocycles. The topological polar surface area (TPSA) is 71.1 Å². The monoisotopic (exact) mass is 296 g/mol. The summed E-state index contributed by atoms with van der Waals surface area (Å²) in [5.74, 6) is -0.0504. The Labute approximate surface area is 124 Å². The van der Waals surface area contributed by atoms with Gasteiger partial charge in [0.25, 0.3) is 0 Å². The van der Waals surface area contributed by atoms with Gasteiger partial charge in [-0.05, 0) is 30.7 Å². The molecule has 1 rings (SSSR count). The number of carbonyl (C=O) groups is 2. The quantitative estimate of drug-likeness (QED) is 0.483. The first kappa shape index (κ1) is 18.7. The highest BCUT2D eigenvalue weighted by atomic mass is 16.7. The fourth-order valence-corrected chi connectivity index (χ4v) is 1.14. The number of carbonyl (C=O) groups excluding carboxylic acids is 2. The lowest BCUT2D eigenvalue weighted by Crippen LogP contribution is -2.11. The fraction of sp³-hybridized carbons (Fsp3) is 0.333. The summed E-state index contributed by atoms with van der Waals surface area (Å²) in [5, 5.41) is 0. The van der Waals surface area contributed by atoms with Crippen LogP contribution in [0.25, 0.3) is 6.08 Å². The van der Waals surface area contributed by atoms with Gasteiger partial charge in [-0.25, -0.2) is 9.59 Å². The van der Waals surface area contributed by atoms with Gasteiger partial charge in [0.2, 0.25) is 0 Å². The Morgan fingerprint density at radius 3 is 2.14 bits per heavy atom. The van der Waals surface area contributed by atoms with E-state index in [0.717, 1.165) is 17.4 Å². The van der Waals surface area contributed by atoms with E-state index in [-0.39, 0.29) is 6.61 Å². The minimum atomic E-state index is -0.998. The summed E-state index contributed by atoms with van der Waals surface area (Å²) in [4.78, 5) is 22.0. The normalized spacial score (nSPS) is 9.52. The molecular weight excluding hydrogens is 276 g/mol. The lowest BCUT2D eigenvalue weighted by atomic mass is 10.2. The van der Waals surface area contributed by atoms with Crippen molar-refractivity contribution in [1.29, 1.82) is 0 Å². The summed E-state index contributed by atoms with van der Waals surface area (Å²) >= 11 is 0. The van der Waals surface area contributed by atoms with E-state index < -0.39 is 12.1 Å². The maximum atomic E-state index is 11.2. The molecule has 0 aliphatic heterocycles. The second-order valence-corrected chi connectivity index (χ2v) is 3.62. The summed E-state index contributed by atoms with van der Waals surface area (Å²) in [5.41, 5.74) is 0.789. The van der Waals surface area contributed by atoms with Gasteiger partial charge in [-0.2, -0.15) is 0 Å². The van der Waals surface area contributed by atoms with E-state index >= 15 is 0 Å². The summed E-state index contributed by atoms with van der Waals surface area (Å²) in [6, 6.07) is 7.06. The predicted octanol–water partition coefficient (Wildman–Crippen LogP) is 2.67. The second kappa shape index (κ2) is 11.5. The fourth-order valence-electron chi connectivity index (χ4n) is 1.14. The third-order valence-electron chi connectivity index (χ3n) is 1.97. The predicted molar refractivity (Wildman–Crippen MR) is 78.1 cm³/mol. The highest BCUT2D eigenvalue weighted by Gasteiger charge is 2.07. The first-order valence-electron chi connectivity index (χ1n) is 6.18. The van der Waals surface area contributed by atoms with E-state index in [2.05, 4.69) is 14.2 Å². The first-order chi connectivity index (χ1) is 10.1. The van der Waals surface area contributed by atoms with Gasteiger partial charge in [0.15, 0.2) is 0 Å². The highest BCUT2D eigenvalue weighted by Crippen LogP contribution is 2.12. The molecule has 0 aliphatic rings. The van der Waals surface area contributed by atoms with Crippen LogP contribution >= 0.6 is 0 Å². The second-order valence-electron chi connectivity index (χ2n) is 3.62. The Balaban J connectivity index is 0.00000122. The highest BCUT2D eigenvalue weighted by molar-refractivity contribution is 5.93. The smallest absolute Gasteiger partial charge is 0.497 e.